The average Bonchev–Trinajstić information content (AvgIpc) is 3.18. The Morgan fingerprint density at radius 1 is 1.09 bits per heavy atom. The van der Waals surface area contributed by atoms with Crippen molar-refractivity contribution in [3.63, 3.8) is 0 Å². The monoisotopic (exact) mass is 303 g/mol. The zero-order valence-electron chi connectivity index (χ0n) is 13.0. The van der Waals surface area contributed by atoms with Gasteiger partial charge in [0, 0.05) is 22.7 Å². The molecule has 0 saturated carbocycles. The molecule has 1 aromatic carbocycles. The molecule has 4 rings (SSSR count). The summed E-state index contributed by atoms with van der Waals surface area (Å²) in [7, 11) is 0. The van der Waals surface area contributed by atoms with Gasteiger partial charge in [0.25, 0.3) is 0 Å². The van der Waals surface area contributed by atoms with E-state index in [1.54, 1.807) is 6.07 Å². The van der Waals surface area contributed by atoms with Gasteiger partial charge in [0.05, 0.1) is 21.8 Å². The summed E-state index contributed by atoms with van der Waals surface area (Å²) in [5.41, 5.74) is 4.08. The molecular weight excluding hydrogens is 286 g/mol. The van der Waals surface area contributed by atoms with E-state index < -0.39 is 0 Å². The second-order valence-corrected chi connectivity index (χ2v) is 5.88. The van der Waals surface area contributed by atoms with Gasteiger partial charge in [0.2, 0.25) is 0 Å². The van der Waals surface area contributed by atoms with Crippen molar-refractivity contribution in [1.29, 1.82) is 0 Å². The highest BCUT2D eigenvalue weighted by molar-refractivity contribution is 5.76. The van der Waals surface area contributed by atoms with Crippen molar-refractivity contribution in [2.75, 3.05) is 0 Å². The molecule has 2 aromatic heterocycles. The van der Waals surface area contributed by atoms with E-state index in [1.807, 2.05) is 50.3 Å². The summed E-state index contributed by atoms with van der Waals surface area (Å²) in [6.07, 6.45) is 3.94. The molecule has 0 spiro atoms. The van der Waals surface area contributed by atoms with Gasteiger partial charge in [0.1, 0.15) is 5.75 Å². The lowest BCUT2D eigenvalue weighted by Crippen LogP contribution is -2.19. The first-order chi connectivity index (χ1) is 11.1. The van der Waals surface area contributed by atoms with Gasteiger partial charge in [-0.1, -0.05) is 18.2 Å². The van der Waals surface area contributed by atoms with Crippen LogP contribution >= 0.6 is 0 Å². The van der Waals surface area contributed by atoms with E-state index in [0.29, 0.717) is 5.35 Å². The second-order valence-electron chi connectivity index (χ2n) is 5.88. The summed E-state index contributed by atoms with van der Waals surface area (Å²) in [5.74, 6) is 0.221. The van der Waals surface area contributed by atoms with E-state index in [9.17, 15) is 5.11 Å². The van der Waals surface area contributed by atoms with Crippen molar-refractivity contribution in [2.24, 2.45) is 4.99 Å². The molecule has 4 nitrogen and oxygen atoms in total. The lowest BCUT2D eigenvalue weighted by Gasteiger charge is -1.90. The van der Waals surface area contributed by atoms with Gasteiger partial charge in [-0.3, -0.25) is 0 Å². The van der Waals surface area contributed by atoms with Crippen LogP contribution < -0.4 is 21.3 Å². The number of aryl methyl sites for hydroxylation is 2. The minimum Gasteiger partial charge on any atom is -0.506 e. The molecule has 114 valence electrons. The molecule has 3 N–H and O–H groups in total. The summed E-state index contributed by atoms with van der Waals surface area (Å²) in [4.78, 5) is 11.1. The molecule has 0 aliphatic carbocycles. The number of hydrogen-bond acceptors (Lipinski definition) is 2. The number of hydrogen-bond donors (Lipinski definition) is 3. The summed E-state index contributed by atoms with van der Waals surface area (Å²) >= 11 is 0. The van der Waals surface area contributed by atoms with E-state index in [1.165, 1.54) is 0 Å². The number of nitrogens with zero attached hydrogens (tertiary/aromatic N) is 1. The number of rotatable bonds is 1. The Bertz CT molecular complexity index is 1110. The molecule has 23 heavy (non-hydrogen) atoms. The SMILES string of the molecule is Cc1cc(C)c(/C=c2/[nH]c(=C3C=c4ccccc4=N3)cc2O)[nH]1. The molecular formula is C19H17N3O. The normalized spacial score (nSPS) is 16.2. The van der Waals surface area contributed by atoms with Gasteiger partial charge >= 0.3 is 0 Å². The van der Waals surface area contributed by atoms with Crippen LogP contribution in [0.4, 0.5) is 0 Å². The van der Waals surface area contributed by atoms with Gasteiger partial charge in [-0.2, -0.15) is 0 Å². The quantitative estimate of drug-likeness (QED) is 0.609. The smallest absolute Gasteiger partial charge is 0.141 e. The number of aromatic nitrogens is 2. The third-order valence-electron chi connectivity index (χ3n) is 4.05. The molecule has 0 bridgehead atoms. The van der Waals surface area contributed by atoms with Crippen LogP contribution in [0.1, 0.15) is 17.0 Å². The van der Waals surface area contributed by atoms with Crippen molar-refractivity contribution in [1.82, 2.24) is 9.97 Å². The summed E-state index contributed by atoms with van der Waals surface area (Å²) in [6, 6.07) is 11.8. The van der Waals surface area contributed by atoms with Gasteiger partial charge in [-0.05, 0) is 43.7 Å². The standard InChI is InChI=1S/C19H17N3O/c1-11-7-12(2)20-15(11)9-18-19(23)10-17(22-18)16-8-13-5-3-4-6-14(13)21-16/h3-10,20,22-23H,1-2H3/b17-16?,18-9+. The number of benzene rings is 1. The Hall–Kier alpha value is -3.01. The van der Waals surface area contributed by atoms with Gasteiger partial charge in [-0.15, -0.1) is 0 Å². The summed E-state index contributed by atoms with van der Waals surface area (Å²) in [6.45, 7) is 4.06. The van der Waals surface area contributed by atoms with Crippen LogP contribution in [-0.4, -0.2) is 15.1 Å². The maximum absolute atomic E-state index is 10.2. The van der Waals surface area contributed by atoms with E-state index in [4.69, 9.17) is 0 Å². The Labute approximate surface area is 132 Å². The van der Waals surface area contributed by atoms with Crippen LogP contribution in [0.2, 0.25) is 0 Å². The molecule has 4 heteroatoms. The zero-order valence-corrected chi connectivity index (χ0v) is 13.0. The fourth-order valence-electron chi connectivity index (χ4n) is 2.91. The van der Waals surface area contributed by atoms with E-state index >= 15 is 0 Å². The number of H-pyrrole nitrogens is 2. The minimum absolute atomic E-state index is 0.221. The fraction of sp³-hybridized carbons (Fsp3) is 0.105. The maximum atomic E-state index is 10.2. The van der Waals surface area contributed by atoms with Gasteiger partial charge < -0.3 is 15.1 Å². The summed E-state index contributed by atoms with van der Waals surface area (Å²) < 4.78 is 0. The van der Waals surface area contributed by atoms with Gasteiger partial charge in [-0.25, -0.2) is 4.99 Å². The van der Waals surface area contributed by atoms with Crippen molar-refractivity contribution >= 4 is 17.8 Å². The highest BCUT2D eigenvalue weighted by atomic mass is 16.3. The topological polar surface area (TPSA) is 64.2 Å². The van der Waals surface area contributed by atoms with Gasteiger partial charge in [0.15, 0.2) is 0 Å². The average molecular weight is 303 g/mol. The molecule has 1 aliphatic heterocycles. The molecule has 0 saturated heterocycles. The van der Waals surface area contributed by atoms with E-state index in [0.717, 1.165) is 38.6 Å². The number of aromatic hydroxyl groups is 1. The van der Waals surface area contributed by atoms with Crippen molar-refractivity contribution in [2.45, 2.75) is 13.8 Å². The molecule has 1 aliphatic rings. The van der Waals surface area contributed by atoms with Crippen LogP contribution in [0.5, 0.6) is 5.75 Å². The third kappa shape index (κ3) is 2.38. The highest BCUT2D eigenvalue weighted by Crippen LogP contribution is 2.10. The molecule has 0 unspecified atom stereocenters. The zero-order chi connectivity index (χ0) is 16.0. The molecule has 3 aromatic rings. The van der Waals surface area contributed by atoms with Crippen molar-refractivity contribution in [3.8, 4) is 5.75 Å². The number of aromatic amines is 2. The van der Waals surface area contributed by atoms with Crippen LogP contribution in [0, 0.1) is 13.8 Å². The van der Waals surface area contributed by atoms with Crippen molar-refractivity contribution < 1.29 is 5.11 Å². The highest BCUT2D eigenvalue weighted by Gasteiger charge is 2.05. The molecule has 0 radical (unpaired) electrons. The van der Waals surface area contributed by atoms with E-state index in [-0.39, 0.29) is 5.75 Å². The first-order valence-electron chi connectivity index (χ1n) is 7.56. The molecule has 0 atom stereocenters. The second kappa shape index (κ2) is 5.02. The van der Waals surface area contributed by atoms with Crippen LogP contribution in [0.3, 0.4) is 0 Å². The number of fused-ring (bicyclic) bond motifs is 1. The largest absolute Gasteiger partial charge is 0.506 e. The van der Waals surface area contributed by atoms with Crippen LogP contribution in [0.15, 0.2) is 41.4 Å². The molecule has 0 fully saturated rings. The lowest BCUT2D eigenvalue weighted by atomic mass is 10.2. The number of nitrogens with one attached hydrogen (secondary N) is 2. The summed E-state index contributed by atoms with van der Waals surface area (Å²) in [5, 5.41) is 13.8. The maximum Gasteiger partial charge on any atom is 0.141 e. The predicted molar refractivity (Wildman–Crippen MR) is 90.6 cm³/mol. The Balaban J connectivity index is 1.91. The number of para-hydroxylation sites is 1. The first kappa shape index (κ1) is 13.6. The van der Waals surface area contributed by atoms with E-state index in [2.05, 4.69) is 21.0 Å². The first-order valence-corrected chi connectivity index (χ1v) is 7.56. The third-order valence-corrected chi connectivity index (χ3v) is 4.05. The fourth-order valence-corrected chi connectivity index (χ4v) is 2.91. The predicted octanol–water partition coefficient (Wildman–Crippen LogP) is 0.716. The van der Waals surface area contributed by atoms with Crippen LogP contribution in [0.25, 0.3) is 17.8 Å². The minimum atomic E-state index is 0.221. The molecule has 0 amide bonds. The molecule has 3 heterocycles. The Morgan fingerprint density at radius 3 is 2.65 bits per heavy atom. The van der Waals surface area contributed by atoms with Crippen LogP contribution in [-0.2, 0) is 0 Å². The Kier molecular flexibility index (Phi) is 2.98. The Morgan fingerprint density at radius 2 is 1.91 bits per heavy atom. The van der Waals surface area contributed by atoms with Crippen molar-refractivity contribution in [3.05, 3.63) is 74.6 Å². The lowest BCUT2D eigenvalue weighted by molar-refractivity contribution is 0.471.